The van der Waals surface area contributed by atoms with Crippen molar-refractivity contribution < 1.29 is 19.1 Å². The second kappa shape index (κ2) is 12.7. The molecule has 1 aliphatic heterocycles. The van der Waals surface area contributed by atoms with Crippen LogP contribution >= 0.6 is 0 Å². The number of carbonyl (C=O) groups excluding carboxylic acids is 3. The van der Waals surface area contributed by atoms with E-state index in [1.54, 1.807) is 33.0 Å². The van der Waals surface area contributed by atoms with Gasteiger partial charge in [-0.2, -0.15) is 0 Å². The summed E-state index contributed by atoms with van der Waals surface area (Å²) in [4.78, 5) is 46.6. The van der Waals surface area contributed by atoms with Gasteiger partial charge in [0.15, 0.2) is 6.29 Å². The van der Waals surface area contributed by atoms with E-state index in [0.29, 0.717) is 30.9 Å². The number of pyridine rings is 1. The first-order valence-corrected chi connectivity index (χ1v) is 12.8. The van der Waals surface area contributed by atoms with Gasteiger partial charge in [0.1, 0.15) is 23.3 Å². The van der Waals surface area contributed by atoms with Crippen molar-refractivity contribution in [2.24, 2.45) is 16.1 Å². The average Bonchev–Trinajstić information content (AvgIpc) is 3.04. The number of nitrogens with zero attached hydrogens (tertiary/aromatic N) is 3. The van der Waals surface area contributed by atoms with E-state index in [2.05, 4.69) is 27.5 Å². The molecular formula is C28H42N6O4. The molecule has 1 aromatic rings. The van der Waals surface area contributed by atoms with Crippen LogP contribution in [0.2, 0.25) is 0 Å². The van der Waals surface area contributed by atoms with E-state index in [0.717, 1.165) is 29.5 Å². The van der Waals surface area contributed by atoms with Gasteiger partial charge in [-0.3, -0.25) is 14.9 Å². The Balaban J connectivity index is 2.12. The summed E-state index contributed by atoms with van der Waals surface area (Å²) in [5.41, 5.74) is 7.56. The summed E-state index contributed by atoms with van der Waals surface area (Å²) < 4.78 is 5.29. The minimum absolute atomic E-state index is 0.0300. The third-order valence-corrected chi connectivity index (χ3v) is 6.09. The molecule has 10 nitrogen and oxygen atoms in total. The highest BCUT2D eigenvalue weighted by Gasteiger charge is 2.44. The number of ether oxygens (including phenoxy) is 1. The average molecular weight is 527 g/mol. The molecule has 2 amide bonds. The smallest absolute Gasteiger partial charge is 0.413 e. The topological polar surface area (TPSA) is 139 Å². The Morgan fingerprint density at radius 1 is 1.34 bits per heavy atom. The lowest BCUT2D eigenvalue weighted by Crippen LogP contribution is -2.43. The number of allylic oxidation sites excluding steroid dienone is 1. The molecular weight excluding hydrogens is 484 g/mol. The maximum Gasteiger partial charge on any atom is 0.413 e. The number of nitrogens with two attached hydrogens (primary N) is 1. The Bertz CT molecular complexity index is 1130. The second-order valence-electron chi connectivity index (χ2n) is 11.2. The third kappa shape index (κ3) is 8.71. The summed E-state index contributed by atoms with van der Waals surface area (Å²) in [7, 11) is 1.83. The number of rotatable bonds is 9. The van der Waals surface area contributed by atoms with Crippen LogP contribution in [0.5, 0.6) is 0 Å². The fourth-order valence-electron chi connectivity index (χ4n) is 4.30. The van der Waals surface area contributed by atoms with Gasteiger partial charge < -0.3 is 20.7 Å². The van der Waals surface area contributed by atoms with Crippen LogP contribution in [0, 0.1) is 12.3 Å². The van der Waals surface area contributed by atoms with Crippen LogP contribution in [0.3, 0.4) is 0 Å². The van der Waals surface area contributed by atoms with Crippen molar-refractivity contribution in [2.45, 2.75) is 79.4 Å². The van der Waals surface area contributed by atoms with Crippen molar-refractivity contribution >= 4 is 36.0 Å². The van der Waals surface area contributed by atoms with Crippen LogP contribution in [-0.4, -0.2) is 59.2 Å². The van der Waals surface area contributed by atoms with Crippen LogP contribution < -0.4 is 16.4 Å². The molecule has 1 aliphatic rings. The molecule has 0 spiro atoms. The summed E-state index contributed by atoms with van der Waals surface area (Å²) in [6, 6.07) is 1.40. The number of likely N-dealkylation sites (N-methyl/N-ethyl adjacent to an activating group) is 1. The van der Waals surface area contributed by atoms with Crippen LogP contribution in [0.4, 0.5) is 10.6 Å². The quantitative estimate of drug-likeness (QED) is 0.324. The van der Waals surface area contributed by atoms with Crippen LogP contribution in [0.15, 0.2) is 34.7 Å². The van der Waals surface area contributed by atoms with Gasteiger partial charge >= 0.3 is 6.09 Å². The van der Waals surface area contributed by atoms with E-state index in [1.807, 2.05) is 38.8 Å². The molecule has 1 aromatic heterocycles. The molecule has 38 heavy (non-hydrogen) atoms. The number of amides is 2. The van der Waals surface area contributed by atoms with Crippen molar-refractivity contribution in [2.75, 3.05) is 18.9 Å². The molecule has 2 rings (SSSR count). The Morgan fingerprint density at radius 3 is 2.61 bits per heavy atom. The third-order valence-electron chi connectivity index (χ3n) is 6.09. The van der Waals surface area contributed by atoms with Gasteiger partial charge in [-0.1, -0.05) is 38.8 Å². The number of aldehydes is 1. The molecule has 1 atom stereocenters. The standard InChI is InChI=1S/C28H42N6O4/c1-9-10-19(12-20-15-30-23(11-18(20)2)33-26(37)38-27(3,4)5)14-31-24(36)22-13-28(6,7)25(34(22)8)32-16-21(29)17-35/h11-12,15-17,22H,9-10,13-14,29H2,1-8H3,(H,31,36)(H,30,33,37)/b19-12+,21-16+,32-25?. The fourth-order valence-corrected chi connectivity index (χ4v) is 4.30. The largest absolute Gasteiger partial charge is 0.444 e. The number of amidine groups is 1. The van der Waals surface area contributed by atoms with E-state index in [9.17, 15) is 14.4 Å². The van der Waals surface area contributed by atoms with Gasteiger partial charge in [0.25, 0.3) is 0 Å². The predicted molar refractivity (Wildman–Crippen MR) is 150 cm³/mol. The van der Waals surface area contributed by atoms with Crippen molar-refractivity contribution in [1.82, 2.24) is 15.2 Å². The number of nitrogens with one attached hydrogen (secondary N) is 2. The number of hydrogen-bond donors (Lipinski definition) is 3. The minimum atomic E-state index is -0.597. The van der Waals surface area contributed by atoms with E-state index in [-0.39, 0.29) is 23.1 Å². The maximum atomic E-state index is 13.2. The number of aromatic nitrogens is 1. The molecule has 1 unspecified atom stereocenters. The molecule has 0 aromatic carbocycles. The monoisotopic (exact) mass is 526 g/mol. The molecule has 10 heteroatoms. The molecule has 0 bridgehead atoms. The Labute approximate surface area is 225 Å². The van der Waals surface area contributed by atoms with Gasteiger partial charge in [0.2, 0.25) is 5.91 Å². The summed E-state index contributed by atoms with van der Waals surface area (Å²) >= 11 is 0. The van der Waals surface area contributed by atoms with Crippen molar-refractivity contribution in [3.8, 4) is 0 Å². The Hall–Kier alpha value is -3.69. The SMILES string of the molecule is CCC/C(=C\c1cnc(NC(=O)OC(C)(C)C)cc1C)CNC(=O)C1CC(C)(C)C(=N/C=C(/N)C=O)N1C. The normalized spacial score (nSPS) is 18.9. The van der Waals surface area contributed by atoms with Crippen molar-refractivity contribution in [1.29, 1.82) is 0 Å². The predicted octanol–water partition coefficient (Wildman–Crippen LogP) is 4.16. The zero-order valence-corrected chi connectivity index (χ0v) is 23.8. The highest BCUT2D eigenvalue weighted by Crippen LogP contribution is 2.35. The summed E-state index contributed by atoms with van der Waals surface area (Å²) in [6.07, 6.45) is 7.37. The van der Waals surface area contributed by atoms with Crippen LogP contribution in [0.25, 0.3) is 6.08 Å². The lowest BCUT2D eigenvalue weighted by Gasteiger charge is -2.23. The number of aryl methyl sites for hydroxylation is 1. The zero-order valence-electron chi connectivity index (χ0n) is 23.8. The molecule has 0 aliphatic carbocycles. The van der Waals surface area contributed by atoms with Gasteiger partial charge in [-0.05, 0) is 57.7 Å². The van der Waals surface area contributed by atoms with Crippen LogP contribution in [-0.2, 0) is 14.3 Å². The summed E-state index contributed by atoms with van der Waals surface area (Å²) in [5.74, 6) is 1.02. The molecule has 4 N–H and O–H groups in total. The van der Waals surface area contributed by atoms with E-state index in [4.69, 9.17) is 10.5 Å². The van der Waals surface area contributed by atoms with Crippen molar-refractivity contribution in [3.05, 3.63) is 40.9 Å². The lowest BCUT2D eigenvalue weighted by molar-refractivity contribution is -0.124. The maximum absolute atomic E-state index is 13.2. The first-order valence-electron chi connectivity index (χ1n) is 12.8. The second-order valence-corrected chi connectivity index (χ2v) is 11.2. The molecule has 0 saturated carbocycles. The van der Waals surface area contributed by atoms with Gasteiger partial charge in [0.05, 0.1) is 11.9 Å². The Kier molecular flexibility index (Phi) is 10.2. The first-order chi connectivity index (χ1) is 17.7. The zero-order chi connectivity index (χ0) is 28.7. The molecule has 208 valence electrons. The Morgan fingerprint density at radius 2 is 2.03 bits per heavy atom. The van der Waals surface area contributed by atoms with Gasteiger partial charge in [0, 0.05) is 25.2 Å². The van der Waals surface area contributed by atoms with Gasteiger partial charge in [-0.15, -0.1) is 0 Å². The molecule has 1 fully saturated rings. The number of anilines is 1. The molecule has 0 radical (unpaired) electrons. The first kappa shape index (κ1) is 30.5. The van der Waals surface area contributed by atoms with Crippen molar-refractivity contribution in [3.63, 3.8) is 0 Å². The highest BCUT2D eigenvalue weighted by atomic mass is 16.6. The minimum Gasteiger partial charge on any atom is -0.444 e. The summed E-state index contributed by atoms with van der Waals surface area (Å²) in [5, 5.41) is 5.74. The molecule has 1 saturated heterocycles. The highest BCUT2D eigenvalue weighted by molar-refractivity contribution is 5.97. The number of aliphatic imine (C=N–C) groups is 1. The van der Waals surface area contributed by atoms with Crippen LogP contribution in [0.1, 0.15) is 71.9 Å². The summed E-state index contributed by atoms with van der Waals surface area (Å²) in [6.45, 7) is 13.9. The van der Waals surface area contributed by atoms with E-state index >= 15 is 0 Å². The fraction of sp³-hybridized carbons (Fsp3) is 0.536. The molecule has 2 heterocycles. The van der Waals surface area contributed by atoms with E-state index in [1.165, 1.54) is 6.20 Å². The number of likely N-dealkylation sites (tertiary alicyclic amines) is 1. The number of carbonyl (C=O) groups is 3. The van der Waals surface area contributed by atoms with Gasteiger partial charge in [-0.25, -0.2) is 14.8 Å². The lowest BCUT2D eigenvalue weighted by atomic mass is 9.89. The van der Waals surface area contributed by atoms with E-state index < -0.39 is 11.7 Å². The number of hydrogen-bond acceptors (Lipinski definition) is 7.